The fraction of sp³-hybridized carbons (Fsp3) is 0.364. The van der Waals surface area contributed by atoms with E-state index in [0.29, 0.717) is 38.4 Å². The Morgan fingerprint density at radius 2 is 1.35 bits per heavy atom. The lowest BCUT2D eigenvalue weighted by atomic mass is 10.3. The first-order valence-corrected chi connectivity index (χ1v) is 5.91. The van der Waals surface area contributed by atoms with Crippen LogP contribution in [0.1, 0.15) is 13.8 Å². The van der Waals surface area contributed by atoms with Gasteiger partial charge in [-0.1, -0.05) is 48.7 Å². The second kappa shape index (κ2) is 6.69. The molecule has 2 unspecified atom stereocenters. The van der Waals surface area contributed by atoms with Gasteiger partial charge in [0.2, 0.25) is 0 Å². The van der Waals surface area contributed by atoms with E-state index in [-0.39, 0.29) is 12.4 Å². The molecule has 1 fully saturated rings. The number of nitrogen functional groups attached to an aromatic ring is 1. The van der Waals surface area contributed by atoms with Gasteiger partial charge < -0.3 is 18.1 Å². The Balaban J connectivity index is 0.000000316. The minimum absolute atomic E-state index is 0. The van der Waals surface area contributed by atoms with Crippen molar-refractivity contribution in [3.8, 4) is 0 Å². The maximum atomic E-state index is 10.2. The smallest absolute Gasteiger partial charge is 0.139 e. The van der Waals surface area contributed by atoms with Crippen molar-refractivity contribution < 1.29 is 17.2 Å². The van der Waals surface area contributed by atoms with E-state index in [2.05, 4.69) is 0 Å². The number of Topliss-reactive ketones (excluding diaryl/α,β-unsaturated/α-hetero) is 1. The summed E-state index contributed by atoms with van der Waals surface area (Å²) in [6.45, 7) is 3.93. The third-order valence-corrected chi connectivity index (χ3v) is 3.43. The molecule has 1 aliphatic carbocycles. The molecular formula is C11H12Cl4NO-. The average molecular weight is 316 g/mol. The molecule has 0 spiro atoms. The third-order valence-electron chi connectivity index (χ3n) is 2.58. The van der Waals surface area contributed by atoms with E-state index >= 15 is 0 Å². The number of hydrogen-bond acceptors (Lipinski definition) is 2. The summed E-state index contributed by atoms with van der Waals surface area (Å²) in [4.78, 5) is 10.2. The van der Waals surface area contributed by atoms with Crippen LogP contribution in [0.4, 0.5) is 5.69 Å². The van der Waals surface area contributed by atoms with E-state index in [1.54, 1.807) is 12.1 Å². The van der Waals surface area contributed by atoms with Gasteiger partial charge >= 0.3 is 0 Å². The van der Waals surface area contributed by atoms with Crippen molar-refractivity contribution in [2.24, 2.45) is 11.8 Å². The van der Waals surface area contributed by atoms with Crippen molar-refractivity contribution in [1.82, 2.24) is 0 Å². The number of carbonyl (C=O) groups excluding carboxylic acids is 1. The summed E-state index contributed by atoms with van der Waals surface area (Å²) in [5, 5.41) is 1.26. The van der Waals surface area contributed by atoms with Crippen molar-refractivity contribution >= 4 is 46.3 Å². The van der Waals surface area contributed by atoms with Gasteiger partial charge in [0.1, 0.15) is 5.78 Å². The van der Waals surface area contributed by atoms with E-state index in [9.17, 15) is 4.79 Å². The fourth-order valence-electron chi connectivity index (χ4n) is 1.08. The third kappa shape index (κ3) is 4.55. The SMILES string of the molecule is CC1C(=O)C1C.Nc1c(Cl)cc(Cl)cc1Cl.[Cl-]. The van der Waals surface area contributed by atoms with Gasteiger partial charge in [-0.3, -0.25) is 4.79 Å². The maximum absolute atomic E-state index is 10.2. The Labute approximate surface area is 122 Å². The zero-order valence-electron chi connectivity index (χ0n) is 9.31. The second-order valence-corrected chi connectivity index (χ2v) is 5.01. The topological polar surface area (TPSA) is 43.1 Å². The van der Waals surface area contributed by atoms with Crippen molar-refractivity contribution in [3.05, 3.63) is 27.2 Å². The lowest BCUT2D eigenvalue weighted by Gasteiger charge is -1.99. The largest absolute Gasteiger partial charge is 1.00 e. The highest BCUT2D eigenvalue weighted by Crippen LogP contribution is 2.31. The van der Waals surface area contributed by atoms with Gasteiger partial charge in [0, 0.05) is 16.9 Å². The van der Waals surface area contributed by atoms with E-state index in [4.69, 9.17) is 40.5 Å². The molecule has 17 heavy (non-hydrogen) atoms. The molecule has 0 heterocycles. The summed E-state index contributed by atoms with van der Waals surface area (Å²) in [5.74, 6) is 1.19. The Hall–Kier alpha value is -0.150. The molecule has 96 valence electrons. The maximum Gasteiger partial charge on any atom is 0.139 e. The average Bonchev–Trinajstić information content (AvgIpc) is 2.72. The lowest BCUT2D eigenvalue weighted by molar-refractivity contribution is -0.111. The Morgan fingerprint density at radius 3 is 1.59 bits per heavy atom. The number of carbonyl (C=O) groups is 1. The van der Waals surface area contributed by atoms with Crippen LogP contribution >= 0.6 is 34.8 Å². The number of ketones is 1. The Kier molecular flexibility index (Phi) is 6.64. The van der Waals surface area contributed by atoms with Crippen LogP contribution in [-0.2, 0) is 4.79 Å². The van der Waals surface area contributed by atoms with Gasteiger partial charge in [0.15, 0.2) is 0 Å². The molecule has 1 aromatic carbocycles. The highest BCUT2D eigenvalue weighted by molar-refractivity contribution is 6.41. The summed E-state index contributed by atoms with van der Waals surface area (Å²) in [7, 11) is 0. The molecular weight excluding hydrogens is 304 g/mol. The van der Waals surface area contributed by atoms with Crippen LogP contribution in [0.3, 0.4) is 0 Å². The van der Waals surface area contributed by atoms with Gasteiger partial charge in [-0.2, -0.15) is 0 Å². The molecule has 0 bridgehead atoms. The fourth-order valence-corrected chi connectivity index (χ4v) is 1.90. The number of hydrogen-bond donors (Lipinski definition) is 1. The zero-order chi connectivity index (χ0) is 12.5. The molecule has 2 rings (SSSR count). The molecule has 0 aromatic heterocycles. The molecule has 0 radical (unpaired) electrons. The number of halogens is 4. The van der Waals surface area contributed by atoms with Crippen LogP contribution in [0.2, 0.25) is 15.1 Å². The number of rotatable bonds is 0. The molecule has 2 atom stereocenters. The quantitative estimate of drug-likeness (QED) is 0.728. The molecule has 0 aliphatic heterocycles. The predicted molar refractivity (Wildman–Crippen MR) is 69.2 cm³/mol. The van der Waals surface area contributed by atoms with Crippen molar-refractivity contribution in [3.63, 3.8) is 0 Å². The summed E-state index contributed by atoms with van der Waals surface area (Å²) >= 11 is 16.8. The first kappa shape index (κ1) is 16.9. The predicted octanol–water partition coefficient (Wildman–Crippen LogP) is 1.07. The van der Waals surface area contributed by atoms with E-state index in [1.807, 2.05) is 13.8 Å². The molecule has 0 saturated heterocycles. The molecule has 6 heteroatoms. The minimum atomic E-state index is 0. The highest BCUT2D eigenvalue weighted by atomic mass is 35.5. The van der Waals surface area contributed by atoms with Crippen LogP contribution in [0.15, 0.2) is 12.1 Å². The summed E-state index contributed by atoms with van der Waals surface area (Å²) in [6, 6.07) is 3.09. The van der Waals surface area contributed by atoms with E-state index < -0.39 is 0 Å². The molecule has 1 saturated carbocycles. The first-order valence-electron chi connectivity index (χ1n) is 4.78. The van der Waals surface area contributed by atoms with Crippen molar-refractivity contribution in [2.75, 3.05) is 5.73 Å². The summed E-state index contributed by atoms with van der Waals surface area (Å²) < 4.78 is 0. The summed E-state index contributed by atoms with van der Waals surface area (Å²) in [5.41, 5.74) is 5.80. The van der Waals surface area contributed by atoms with Gasteiger partial charge in [-0.15, -0.1) is 0 Å². The number of benzene rings is 1. The van der Waals surface area contributed by atoms with Crippen molar-refractivity contribution in [2.45, 2.75) is 13.8 Å². The van der Waals surface area contributed by atoms with Crippen molar-refractivity contribution in [1.29, 1.82) is 0 Å². The Bertz CT molecular complexity index is 389. The van der Waals surface area contributed by atoms with Gasteiger partial charge in [0.05, 0.1) is 15.7 Å². The molecule has 2 N–H and O–H groups in total. The van der Waals surface area contributed by atoms with Gasteiger partial charge in [0.25, 0.3) is 0 Å². The van der Waals surface area contributed by atoms with Gasteiger partial charge in [-0.25, -0.2) is 0 Å². The lowest BCUT2D eigenvalue weighted by Crippen LogP contribution is -3.00. The van der Waals surface area contributed by atoms with E-state index in [0.717, 1.165) is 0 Å². The standard InChI is InChI=1S/C6H4Cl3N.C5H8O.ClH/c7-3-1-4(8)6(10)5(9)2-3;1-3-4(2)5(3)6;/h1-2H,10H2;3-4H,1-2H3;1H/p-1. The van der Waals surface area contributed by atoms with Crippen LogP contribution < -0.4 is 18.1 Å². The normalized spacial score (nSPS) is 21.1. The zero-order valence-corrected chi connectivity index (χ0v) is 12.3. The highest BCUT2D eigenvalue weighted by Gasteiger charge is 2.40. The van der Waals surface area contributed by atoms with Crippen LogP contribution in [0.5, 0.6) is 0 Å². The number of nitrogens with two attached hydrogens (primary N) is 1. The molecule has 1 aliphatic rings. The number of anilines is 1. The molecule has 0 amide bonds. The monoisotopic (exact) mass is 314 g/mol. The van der Waals surface area contributed by atoms with Crippen LogP contribution in [0.25, 0.3) is 0 Å². The minimum Gasteiger partial charge on any atom is -1.00 e. The Morgan fingerprint density at radius 1 is 1.06 bits per heavy atom. The second-order valence-electron chi connectivity index (χ2n) is 3.76. The van der Waals surface area contributed by atoms with Crippen LogP contribution in [0, 0.1) is 11.8 Å². The van der Waals surface area contributed by atoms with Gasteiger partial charge in [-0.05, 0) is 12.1 Å². The molecule has 2 nitrogen and oxygen atoms in total. The van der Waals surface area contributed by atoms with E-state index in [1.165, 1.54) is 0 Å². The molecule has 1 aromatic rings. The first-order chi connectivity index (χ1) is 7.34. The summed E-state index contributed by atoms with van der Waals surface area (Å²) in [6.07, 6.45) is 0. The van der Waals surface area contributed by atoms with Crippen LogP contribution in [-0.4, -0.2) is 5.78 Å².